The van der Waals surface area contributed by atoms with Crippen molar-refractivity contribution in [3.8, 4) is 11.5 Å². The molecular formula is C12H10N4O2S2. The van der Waals surface area contributed by atoms with Gasteiger partial charge in [0.25, 0.3) is 5.56 Å². The smallest absolute Gasteiger partial charge is 0.304 e. The van der Waals surface area contributed by atoms with Crippen LogP contribution in [0.4, 0.5) is 0 Å². The first-order chi connectivity index (χ1) is 9.58. The monoisotopic (exact) mass is 306 g/mol. The van der Waals surface area contributed by atoms with Crippen molar-refractivity contribution < 1.29 is 4.55 Å². The van der Waals surface area contributed by atoms with E-state index in [1.54, 1.807) is 25.4 Å². The maximum Gasteiger partial charge on any atom is 0.304 e. The average molecular weight is 306 g/mol. The van der Waals surface area contributed by atoms with E-state index in [9.17, 15) is 9.35 Å². The van der Waals surface area contributed by atoms with Crippen LogP contribution in [0.5, 0.6) is 0 Å². The average Bonchev–Trinajstić information content (AvgIpc) is 2.88. The van der Waals surface area contributed by atoms with E-state index < -0.39 is 11.2 Å². The molecule has 3 rings (SSSR count). The lowest BCUT2D eigenvalue weighted by Crippen LogP contribution is -2.20. The van der Waals surface area contributed by atoms with Crippen LogP contribution in [-0.4, -0.2) is 30.3 Å². The Hall–Kier alpha value is -1.77. The van der Waals surface area contributed by atoms with Crippen LogP contribution in [0, 0.1) is 0 Å². The van der Waals surface area contributed by atoms with Gasteiger partial charge in [-0.05, 0) is 23.5 Å². The largest absolute Gasteiger partial charge is 0.610 e. The molecule has 1 atom stereocenters. The number of aromatic nitrogens is 4. The lowest BCUT2D eigenvalue weighted by Gasteiger charge is -2.05. The molecule has 3 aromatic heterocycles. The van der Waals surface area contributed by atoms with E-state index in [4.69, 9.17) is 0 Å². The summed E-state index contributed by atoms with van der Waals surface area (Å²) in [5, 5.41) is 0. The second kappa shape index (κ2) is 4.97. The minimum atomic E-state index is -1.22. The quantitative estimate of drug-likeness (QED) is 0.664. The van der Waals surface area contributed by atoms with Gasteiger partial charge in [-0.2, -0.15) is 4.98 Å². The number of hydrogen-bond acceptors (Lipinski definition) is 6. The summed E-state index contributed by atoms with van der Waals surface area (Å²) in [4.78, 5) is 25.5. The minimum absolute atomic E-state index is 0.252. The molecule has 3 aromatic rings. The molecule has 6 nitrogen and oxygen atoms in total. The summed E-state index contributed by atoms with van der Waals surface area (Å²) in [5.41, 5.74) is 0.604. The zero-order valence-corrected chi connectivity index (χ0v) is 12.4. The van der Waals surface area contributed by atoms with E-state index >= 15 is 0 Å². The van der Waals surface area contributed by atoms with Crippen LogP contribution >= 0.6 is 11.3 Å². The van der Waals surface area contributed by atoms with Gasteiger partial charge in [0, 0.05) is 24.4 Å². The van der Waals surface area contributed by atoms with Crippen molar-refractivity contribution in [1.29, 1.82) is 0 Å². The van der Waals surface area contributed by atoms with Gasteiger partial charge in [0.15, 0.2) is 16.2 Å². The summed E-state index contributed by atoms with van der Waals surface area (Å²) in [6.07, 6.45) is 3.17. The molecule has 3 heterocycles. The van der Waals surface area contributed by atoms with Crippen molar-refractivity contribution >= 4 is 32.9 Å². The van der Waals surface area contributed by atoms with Gasteiger partial charge in [-0.3, -0.25) is 14.3 Å². The maximum atomic E-state index is 12.3. The van der Waals surface area contributed by atoms with Crippen LogP contribution in [0.2, 0.25) is 0 Å². The molecule has 0 N–H and O–H groups in total. The molecule has 0 fully saturated rings. The Balaban J connectivity index is 2.30. The van der Waals surface area contributed by atoms with Crippen molar-refractivity contribution in [2.45, 2.75) is 4.34 Å². The molecule has 0 amide bonds. The molecule has 102 valence electrons. The number of fused-ring (bicyclic) bond motifs is 1. The Labute approximate surface area is 121 Å². The normalized spacial score (nSPS) is 12.8. The molecule has 0 aliphatic heterocycles. The molecule has 0 saturated carbocycles. The topological polar surface area (TPSA) is 83.7 Å². The lowest BCUT2D eigenvalue weighted by atomic mass is 10.3. The molecule has 0 aliphatic carbocycles. The summed E-state index contributed by atoms with van der Waals surface area (Å²) >= 11 is -0.0504. The molecule has 0 spiro atoms. The van der Waals surface area contributed by atoms with Crippen molar-refractivity contribution in [3.63, 3.8) is 0 Å². The number of thiazole rings is 1. The van der Waals surface area contributed by atoms with E-state index in [0.29, 0.717) is 20.7 Å². The Morgan fingerprint density at radius 1 is 1.35 bits per heavy atom. The van der Waals surface area contributed by atoms with Crippen molar-refractivity contribution in [1.82, 2.24) is 19.5 Å². The maximum absolute atomic E-state index is 12.3. The number of nitrogens with zero attached hydrogens (tertiary/aromatic N) is 4. The molecule has 20 heavy (non-hydrogen) atoms. The Morgan fingerprint density at radius 3 is 2.80 bits per heavy atom. The van der Waals surface area contributed by atoms with Crippen molar-refractivity contribution in [3.05, 3.63) is 34.7 Å². The highest BCUT2D eigenvalue weighted by Crippen LogP contribution is 2.23. The summed E-state index contributed by atoms with van der Waals surface area (Å²) in [7, 11) is 1.63. The van der Waals surface area contributed by atoms with Crippen molar-refractivity contribution in [2.24, 2.45) is 7.05 Å². The summed E-state index contributed by atoms with van der Waals surface area (Å²) in [6.45, 7) is 0. The second-order valence-electron chi connectivity index (χ2n) is 4.10. The van der Waals surface area contributed by atoms with Crippen LogP contribution in [-0.2, 0) is 18.2 Å². The standard InChI is InChI=1S/C12H10N4O2S2/c1-16-9(7-5-3-4-6-13-7)15-10-8(11(16)17)14-12(19-10)20(2)18/h3-6H,1-2H3. The van der Waals surface area contributed by atoms with Crippen LogP contribution < -0.4 is 5.56 Å². The van der Waals surface area contributed by atoms with Crippen LogP contribution in [0.15, 0.2) is 33.5 Å². The van der Waals surface area contributed by atoms with Gasteiger partial charge in [-0.15, -0.1) is 0 Å². The molecule has 0 bridgehead atoms. The fraction of sp³-hybridized carbons (Fsp3) is 0.167. The third-order valence-corrected chi connectivity index (χ3v) is 5.04. The predicted molar refractivity (Wildman–Crippen MR) is 78.2 cm³/mol. The highest BCUT2D eigenvalue weighted by Gasteiger charge is 2.19. The molecule has 0 aromatic carbocycles. The second-order valence-corrected chi connectivity index (χ2v) is 6.63. The number of hydrogen-bond donors (Lipinski definition) is 0. The number of pyridine rings is 1. The van der Waals surface area contributed by atoms with Crippen molar-refractivity contribution in [2.75, 3.05) is 6.26 Å². The van der Waals surface area contributed by atoms with Gasteiger partial charge in [-0.1, -0.05) is 6.07 Å². The summed E-state index contributed by atoms with van der Waals surface area (Å²) in [6, 6.07) is 5.41. The van der Waals surface area contributed by atoms with Crippen LogP contribution in [0.3, 0.4) is 0 Å². The zero-order chi connectivity index (χ0) is 14.3. The molecular weight excluding hydrogens is 296 g/mol. The van der Waals surface area contributed by atoms with Gasteiger partial charge < -0.3 is 4.55 Å². The van der Waals surface area contributed by atoms with E-state index in [2.05, 4.69) is 15.0 Å². The first kappa shape index (κ1) is 13.2. The Bertz CT molecular complexity index is 827. The third kappa shape index (κ3) is 2.11. The molecule has 0 saturated heterocycles. The third-order valence-electron chi connectivity index (χ3n) is 2.76. The minimum Gasteiger partial charge on any atom is -0.610 e. The van der Waals surface area contributed by atoms with Crippen LogP contribution in [0.25, 0.3) is 21.9 Å². The Kier molecular flexibility index (Phi) is 3.28. The first-order valence-corrected chi connectivity index (χ1v) is 8.08. The van der Waals surface area contributed by atoms with E-state index in [-0.39, 0.29) is 11.1 Å². The lowest BCUT2D eigenvalue weighted by molar-refractivity contribution is 0.600. The van der Waals surface area contributed by atoms with Gasteiger partial charge in [0.2, 0.25) is 0 Å². The van der Waals surface area contributed by atoms with Crippen LogP contribution in [0.1, 0.15) is 0 Å². The molecule has 0 radical (unpaired) electrons. The van der Waals surface area contributed by atoms with Gasteiger partial charge in [-0.25, -0.2) is 4.98 Å². The van der Waals surface area contributed by atoms with Gasteiger partial charge in [0.1, 0.15) is 11.9 Å². The number of rotatable bonds is 2. The zero-order valence-electron chi connectivity index (χ0n) is 10.7. The summed E-state index contributed by atoms with van der Waals surface area (Å²) in [5.74, 6) is 0.472. The molecule has 8 heteroatoms. The fourth-order valence-electron chi connectivity index (χ4n) is 1.78. The van der Waals surface area contributed by atoms with E-state index in [1.165, 1.54) is 22.2 Å². The highest BCUT2D eigenvalue weighted by molar-refractivity contribution is 7.92. The summed E-state index contributed by atoms with van der Waals surface area (Å²) < 4.78 is 13.3. The predicted octanol–water partition coefficient (Wildman–Crippen LogP) is 1.19. The van der Waals surface area contributed by atoms with E-state index in [0.717, 1.165) is 0 Å². The van der Waals surface area contributed by atoms with Gasteiger partial charge >= 0.3 is 4.34 Å². The molecule has 1 unspecified atom stereocenters. The highest BCUT2D eigenvalue weighted by atomic mass is 32.2. The SMILES string of the molecule is Cn1c(-c2ccccn2)nc2sc([S+](C)[O-])nc2c1=O. The van der Waals surface area contributed by atoms with Gasteiger partial charge in [0.05, 0.1) is 0 Å². The Morgan fingerprint density at radius 2 is 2.15 bits per heavy atom. The molecule has 0 aliphatic rings. The van der Waals surface area contributed by atoms with E-state index in [1.807, 2.05) is 6.07 Å². The fourth-order valence-corrected chi connectivity index (χ4v) is 3.37. The first-order valence-electron chi connectivity index (χ1n) is 5.70.